The van der Waals surface area contributed by atoms with Gasteiger partial charge in [-0.3, -0.25) is 4.79 Å². The van der Waals surface area contributed by atoms with Crippen molar-refractivity contribution in [2.24, 2.45) is 0 Å². The van der Waals surface area contributed by atoms with Crippen LogP contribution in [0.5, 0.6) is 5.75 Å². The summed E-state index contributed by atoms with van der Waals surface area (Å²) in [5.41, 5.74) is 0.889. The van der Waals surface area contributed by atoms with Gasteiger partial charge >= 0.3 is 10.1 Å². The summed E-state index contributed by atoms with van der Waals surface area (Å²) in [6.07, 6.45) is 0. The quantitative estimate of drug-likeness (QED) is 0.722. The normalized spacial score (nSPS) is 14.9. The van der Waals surface area contributed by atoms with Crippen LogP contribution in [-0.4, -0.2) is 45.4 Å². The maximum atomic E-state index is 13.9. The first kappa shape index (κ1) is 19.4. The number of benzene rings is 2. The number of carbonyl (C=O) groups is 1. The van der Waals surface area contributed by atoms with E-state index in [-0.39, 0.29) is 16.7 Å². The van der Waals surface area contributed by atoms with Crippen molar-refractivity contribution < 1.29 is 21.8 Å². The van der Waals surface area contributed by atoms with Gasteiger partial charge in [-0.2, -0.15) is 8.42 Å². The predicted octanol–water partition coefficient (Wildman–Crippen LogP) is 2.92. The molecule has 0 aliphatic carbocycles. The first-order valence-corrected chi connectivity index (χ1v) is 10.0. The van der Waals surface area contributed by atoms with Gasteiger partial charge < -0.3 is 14.0 Å². The highest BCUT2D eigenvalue weighted by atomic mass is 35.5. The van der Waals surface area contributed by atoms with Gasteiger partial charge in [-0.25, -0.2) is 4.39 Å². The molecule has 0 unspecified atom stereocenters. The lowest BCUT2D eigenvalue weighted by Crippen LogP contribution is -2.48. The summed E-state index contributed by atoms with van der Waals surface area (Å²) < 4.78 is 43.4. The molecule has 0 atom stereocenters. The smallest absolute Gasteiger partial charge is 0.342 e. The largest absolute Gasteiger partial charge is 0.379 e. The number of anilines is 1. The Bertz CT molecular complexity index is 942. The highest BCUT2D eigenvalue weighted by molar-refractivity contribution is 7.87. The maximum absolute atomic E-state index is 13.9. The van der Waals surface area contributed by atoms with E-state index in [4.69, 9.17) is 15.8 Å². The molecule has 0 saturated carbocycles. The molecule has 0 spiro atoms. The van der Waals surface area contributed by atoms with E-state index in [1.165, 1.54) is 18.2 Å². The van der Waals surface area contributed by atoms with Gasteiger partial charge in [0.2, 0.25) is 5.91 Å². The minimum atomic E-state index is -4.31. The zero-order chi connectivity index (χ0) is 19.6. The molecular formula is C18H18ClFN2O4S. The van der Waals surface area contributed by atoms with E-state index in [1.54, 1.807) is 24.0 Å². The first-order valence-electron chi connectivity index (χ1n) is 8.26. The van der Waals surface area contributed by atoms with Crippen LogP contribution < -0.4 is 9.08 Å². The van der Waals surface area contributed by atoms with Crippen molar-refractivity contribution in [3.63, 3.8) is 0 Å². The molecule has 1 aliphatic heterocycles. The lowest BCUT2D eigenvalue weighted by molar-refractivity contribution is -0.129. The van der Waals surface area contributed by atoms with E-state index in [1.807, 2.05) is 0 Å². The van der Waals surface area contributed by atoms with Crippen LogP contribution in [0, 0.1) is 5.82 Å². The molecule has 2 aromatic rings. The fourth-order valence-corrected chi connectivity index (χ4v) is 3.99. The lowest BCUT2D eigenvalue weighted by Gasteiger charge is -2.35. The molecule has 1 saturated heterocycles. The Morgan fingerprint density at radius 1 is 1.07 bits per heavy atom. The molecule has 0 aromatic heterocycles. The predicted molar refractivity (Wildman–Crippen MR) is 100 cm³/mol. The van der Waals surface area contributed by atoms with Gasteiger partial charge in [0.15, 0.2) is 0 Å². The topological polar surface area (TPSA) is 66.9 Å². The van der Waals surface area contributed by atoms with Crippen LogP contribution in [0.4, 0.5) is 10.1 Å². The molecule has 0 bridgehead atoms. The van der Waals surface area contributed by atoms with Crippen molar-refractivity contribution in [1.29, 1.82) is 0 Å². The number of piperazine rings is 1. The first-order chi connectivity index (χ1) is 12.8. The molecule has 1 amide bonds. The zero-order valence-corrected chi connectivity index (χ0v) is 16.1. The molecule has 2 aromatic carbocycles. The average molecular weight is 413 g/mol. The van der Waals surface area contributed by atoms with E-state index in [0.717, 1.165) is 17.8 Å². The van der Waals surface area contributed by atoms with Crippen molar-refractivity contribution in [1.82, 2.24) is 4.90 Å². The van der Waals surface area contributed by atoms with E-state index < -0.39 is 20.8 Å². The molecule has 0 radical (unpaired) electrons. The Morgan fingerprint density at radius 3 is 2.26 bits per heavy atom. The second-order valence-corrected chi connectivity index (χ2v) is 8.05. The summed E-state index contributed by atoms with van der Waals surface area (Å²) in [7, 11) is -4.31. The number of amides is 1. The summed E-state index contributed by atoms with van der Waals surface area (Å²) in [6.45, 7) is 4.20. The van der Waals surface area contributed by atoms with Crippen LogP contribution in [0.15, 0.2) is 47.4 Å². The van der Waals surface area contributed by atoms with Crippen LogP contribution in [-0.2, 0) is 14.9 Å². The van der Waals surface area contributed by atoms with Crippen LogP contribution in [0.25, 0.3) is 0 Å². The molecule has 9 heteroatoms. The summed E-state index contributed by atoms with van der Waals surface area (Å²) in [4.78, 5) is 14.7. The summed E-state index contributed by atoms with van der Waals surface area (Å²) in [5.74, 6) is -0.837. The van der Waals surface area contributed by atoms with Gasteiger partial charge in [0, 0.05) is 43.8 Å². The highest BCUT2D eigenvalue weighted by Gasteiger charge is 2.22. The molecule has 0 N–H and O–H groups in total. The van der Waals surface area contributed by atoms with Crippen LogP contribution in [0.1, 0.15) is 6.92 Å². The van der Waals surface area contributed by atoms with E-state index in [9.17, 15) is 17.6 Å². The molecular weight excluding hydrogens is 395 g/mol. The Labute approximate surface area is 162 Å². The van der Waals surface area contributed by atoms with Crippen molar-refractivity contribution in [3.05, 3.63) is 53.3 Å². The van der Waals surface area contributed by atoms with Gasteiger partial charge in [0.05, 0.1) is 0 Å². The Hall–Kier alpha value is -2.32. The average Bonchev–Trinajstić information content (AvgIpc) is 2.62. The number of hydrogen-bond donors (Lipinski definition) is 0. The molecule has 1 fully saturated rings. The molecule has 1 aliphatic rings. The van der Waals surface area contributed by atoms with Crippen LogP contribution >= 0.6 is 11.6 Å². The second-order valence-electron chi connectivity index (χ2n) is 6.10. The maximum Gasteiger partial charge on any atom is 0.342 e. The summed E-state index contributed by atoms with van der Waals surface area (Å²) in [6, 6.07) is 9.75. The third kappa shape index (κ3) is 4.51. The minimum absolute atomic E-state index is 0.0537. The van der Waals surface area contributed by atoms with Crippen molar-refractivity contribution in [2.75, 3.05) is 31.1 Å². The molecule has 144 valence electrons. The Balaban J connectivity index is 1.70. The third-order valence-corrected chi connectivity index (χ3v) is 5.81. The Morgan fingerprint density at radius 2 is 1.70 bits per heavy atom. The van der Waals surface area contributed by atoms with Crippen molar-refractivity contribution >= 4 is 33.3 Å². The van der Waals surface area contributed by atoms with Gasteiger partial charge in [0.1, 0.15) is 16.5 Å². The van der Waals surface area contributed by atoms with Crippen molar-refractivity contribution in [3.8, 4) is 5.75 Å². The van der Waals surface area contributed by atoms with Crippen molar-refractivity contribution in [2.45, 2.75) is 11.8 Å². The van der Waals surface area contributed by atoms with Gasteiger partial charge in [-0.05, 0) is 42.5 Å². The number of halogens is 2. The van der Waals surface area contributed by atoms with Crippen LogP contribution in [0.2, 0.25) is 5.02 Å². The Kier molecular flexibility index (Phi) is 5.57. The molecule has 1 heterocycles. The van der Waals surface area contributed by atoms with E-state index in [0.29, 0.717) is 26.2 Å². The molecule has 3 rings (SSSR count). The SMILES string of the molecule is CC(=O)N1CCN(c2ccc(OS(=O)(=O)c3ccc(Cl)cc3F)cc2)CC1. The van der Waals surface area contributed by atoms with E-state index in [2.05, 4.69) is 4.90 Å². The number of nitrogens with zero attached hydrogens (tertiary/aromatic N) is 2. The highest BCUT2D eigenvalue weighted by Crippen LogP contribution is 2.25. The fourth-order valence-electron chi connectivity index (χ4n) is 2.84. The van der Waals surface area contributed by atoms with E-state index >= 15 is 0 Å². The van der Waals surface area contributed by atoms with Gasteiger partial charge in [0.25, 0.3) is 0 Å². The number of carbonyl (C=O) groups excluding carboxylic acids is 1. The monoisotopic (exact) mass is 412 g/mol. The third-order valence-electron chi connectivity index (χ3n) is 4.30. The summed E-state index contributed by atoms with van der Waals surface area (Å²) in [5, 5.41) is 0.0978. The number of rotatable bonds is 4. The van der Waals surface area contributed by atoms with Gasteiger partial charge in [-0.15, -0.1) is 0 Å². The molecule has 6 nitrogen and oxygen atoms in total. The zero-order valence-electron chi connectivity index (χ0n) is 14.6. The second kappa shape index (κ2) is 7.74. The fraction of sp³-hybridized carbons (Fsp3) is 0.278. The molecule has 27 heavy (non-hydrogen) atoms. The van der Waals surface area contributed by atoms with Crippen LogP contribution in [0.3, 0.4) is 0 Å². The number of hydrogen-bond acceptors (Lipinski definition) is 5. The minimum Gasteiger partial charge on any atom is -0.379 e. The van der Waals surface area contributed by atoms with Gasteiger partial charge in [-0.1, -0.05) is 11.6 Å². The lowest BCUT2D eigenvalue weighted by atomic mass is 10.2. The standard InChI is InChI=1S/C18H18ClFN2O4S/c1-13(23)21-8-10-22(11-9-21)15-3-5-16(6-4-15)26-27(24,25)18-7-2-14(19)12-17(18)20/h2-7,12H,8-11H2,1H3. The summed E-state index contributed by atoms with van der Waals surface area (Å²) >= 11 is 5.64.